The van der Waals surface area contributed by atoms with Crippen molar-refractivity contribution < 1.29 is 33.0 Å². The first kappa shape index (κ1) is 21.7. The number of benzene rings is 1. The first-order chi connectivity index (χ1) is 13.2. The molecule has 28 heavy (non-hydrogen) atoms. The highest BCUT2D eigenvalue weighted by molar-refractivity contribution is 6.36. The molecule has 0 fully saturated rings. The number of carbonyl (C=O) groups is 1. The maximum atomic E-state index is 13.2. The fourth-order valence-corrected chi connectivity index (χ4v) is 2.66. The van der Waals surface area contributed by atoms with E-state index in [1.54, 1.807) is 0 Å². The Morgan fingerprint density at radius 1 is 1.32 bits per heavy atom. The first-order valence-electron chi connectivity index (χ1n) is 7.63. The van der Waals surface area contributed by atoms with Gasteiger partial charge in [0.25, 0.3) is 6.43 Å². The lowest BCUT2D eigenvalue weighted by Crippen LogP contribution is -2.25. The number of nitrogens with zero attached hydrogens (tertiary/aromatic N) is 3. The van der Waals surface area contributed by atoms with Gasteiger partial charge in [-0.3, -0.25) is 0 Å². The lowest BCUT2D eigenvalue weighted by Gasteiger charge is -2.16. The summed E-state index contributed by atoms with van der Waals surface area (Å²) in [6.45, 7) is 1.45. The molecule has 0 unspecified atom stereocenters. The molecule has 0 bridgehead atoms. The summed E-state index contributed by atoms with van der Waals surface area (Å²) in [5, 5.41) is 15.3. The number of hydrogen-bond acceptors (Lipinski definition) is 7. The van der Waals surface area contributed by atoms with Crippen LogP contribution in [0.5, 0.6) is 17.4 Å². The molecule has 0 aliphatic carbocycles. The van der Waals surface area contributed by atoms with Crippen LogP contribution in [0.25, 0.3) is 0 Å². The SMILES string of the molecule is COC(=O)[C@H](C)Oc1cc(Oc2c(C=NO)c(C(F)F)nn2C)c(Cl)cc1Cl. The molecule has 8 nitrogen and oxygen atoms in total. The van der Waals surface area contributed by atoms with Crippen LogP contribution in [-0.4, -0.2) is 40.4 Å². The molecule has 12 heteroatoms. The standard InChI is InChI=1S/C16H15Cl2F2N3O5/c1-7(16(24)26-3)27-11-5-12(10(18)4-9(11)17)28-15-8(6-21-25)13(14(19)20)22-23(15)2/h4-7,14,25H,1-3H3/t7-/m0/s1. The van der Waals surface area contributed by atoms with Gasteiger partial charge in [0.2, 0.25) is 5.88 Å². The molecule has 152 valence electrons. The molecule has 0 saturated heterocycles. The maximum Gasteiger partial charge on any atom is 0.346 e. The van der Waals surface area contributed by atoms with E-state index in [1.807, 2.05) is 0 Å². The Kier molecular flexibility index (Phi) is 7.03. The smallest absolute Gasteiger partial charge is 0.346 e. The van der Waals surface area contributed by atoms with Crippen LogP contribution in [0.4, 0.5) is 8.78 Å². The van der Waals surface area contributed by atoms with Crippen LogP contribution in [0.2, 0.25) is 10.0 Å². The van der Waals surface area contributed by atoms with Crippen LogP contribution in [0.1, 0.15) is 24.6 Å². The number of carbonyl (C=O) groups excluding carboxylic acids is 1. The summed E-state index contributed by atoms with van der Waals surface area (Å²) in [4.78, 5) is 11.5. The Hall–Kier alpha value is -2.59. The molecule has 0 radical (unpaired) electrons. The van der Waals surface area contributed by atoms with Crippen LogP contribution < -0.4 is 9.47 Å². The fourth-order valence-electron chi connectivity index (χ4n) is 2.19. The molecule has 1 atom stereocenters. The number of esters is 1. The van der Waals surface area contributed by atoms with Gasteiger partial charge >= 0.3 is 5.97 Å². The molecule has 0 saturated carbocycles. The van der Waals surface area contributed by atoms with Gasteiger partial charge in [-0.05, 0) is 13.0 Å². The highest BCUT2D eigenvalue weighted by Gasteiger charge is 2.25. The van der Waals surface area contributed by atoms with Gasteiger partial charge in [0, 0.05) is 13.1 Å². The lowest BCUT2D eigenvalue weighted by atomic mass is 10.2. The minimum atomic E-state index is -2.93. The zero-order valence-corrected chi connectivity index (χ0v) is 16.3. The summed E-state index contributed by atoms with van der Waals surface area (Å²) < 4.78 is 42.9. The third-order valence-electron chi connectivity index (χ3n) is 3.48. The normalized spacial score (nSPS) is 12.4. The van der Waals surface area contributed by atoms with Crippen LogP contribution in [0.15, 0.2) is 17.3 Å². The van der Waals surface area contributed by atoms with Crippen LogP contribution in [0.3, 0.4) is 0 Å². The minimum Gasteiger partial charge on any atom is -0.477 e. The zero-order chi connectivity index (χ0) is 21.0. The summed E-state index contributed by atoms with van der Waals surface area (Å²) in [6, 6.07) is 2.57. The largest absolute Gasteiger partial charge is 0.477 e. The number of alkyl halides is 2. The number of methoxy groups -OCH3 is 1. The van der Waals surface area contributed by atoms with Gasteiger partial charge < -0.3 is 19.4 Å². The van der Waals surface area contributed by atoms with Gasteiger partial charge in [-0.15, -0.1) is 0 Å². The van der Waals surface area contributed by atoms with Gasteiger partial charge in [0.05, 0.1) is 28.9 Å². The average molecular weight is 438 g/mol. The summed E-state index contributed by atoms with van der Waals surface area (Å²) >= 11 is 12.2. The van der Waals surface area contributed by atoms with Gasteiger partial charge in [-0.25, -0.2) is 18.3 Å². The van der Waals surface area contributed by atoms with Crippen molar-refractivity contribution in [1.82, 2.24) is 9.78 Å². The predicted molar refractivity (Wildman–Crippen MR) is 96.2 cm³/mol. The Labute approximate surface area is 168 Å². The van der Waals surface area contributed by atoms with Crippen molar-refractivity contribution >= 4 is 35.4 Å². The highest BCUT2D eigenvalue weighted by Crippen LogP contribution is 2.40. The van der Waals surface area contributed by atoms with E-state index in [-0.39, 0.29) is 33.0 Å². The van der Waals surface area contributed by atoms with E-state index in [0.717, 1.165) is 10.9 Å². The topological polar surface area (TPSA) is 95.2 Å². The summed E-state index contributed by atoms with van der Waals surface area (Å²) in [7, 11) is 2.56. The molecule has 0 aliphatic heterocycles. The number of aryl methyl sites for hydroxylation is 1. The Morgan fingerprint density at radius 2 is 1.96 bits per heavy atom. The number of aromatic nitrogens is 2. The fraction of sp³-hybridized carbons (Fsp3) is 0.312. The summed E-state index contributed by atoms with van der Waals surface area (Å²) in [5.41, 5.74) is -0.882. The van der Waals surface area contributed by atoms with Crippen molar-refractivity contribution in [2.45, 2.75) is 19.5 Å². The molecule has 2 aromatic rings. The average Bonchev–Trinajstić information content (AvgIpc) is 2.94. The first-order valence-corrected chi connectivity index (χ1v) is 8.39. The zero-order valence-electron chi connectivity index (χ0n) is 14.8. The predicted octanol–water partition coefficient (Wildman–Crippen LogP) is 4.21. The highest BCUT2D eigenvalue weighted by atomic mass is 35.5. The minimum absolute atomic E-state index is 0.0189. The lowest BCUT2D eigenvalue weighted by molar-refractivity contribution is -0.147. The van der Waals surface area contributed by atoms with E-state index in [0.29, 0.717) is 0 Å². The van der Waals surface area contributed by atoms with Crippen molar-refractivity contribution in [3.63, 3.8) is 0 Å². The monoisotopic (exact) mass is 437 g/mol. The number of rotatable bonds is 7. The van der Waals surface area contributed by atoms with Gasteiger partial charge in [-0.2, -0.15) is 5.10 Å². The van der Waals surface area contributed by atoms with Crippen molar-refractivity contribution in [2.75, 3.05) is 7.11 Å². The van der Waals surface area contributed by atoms with Crippen molar-refractivity contribution in [1.29, 1.82) is 0 Å². The molecule has 1 N–H and O–H groups in total. The molecule has 0 amide bonds. The molecule has 1 heterocycles. The quantitative estimate of drug-likeness (QED) is 0.301. The Morgan fingerprint density at radius 3 is 2.54 bits per heavy atom. The van der Waals surface area contributed by atoms with Crippen molar-refractivity contribution in [3.05, 3.63) is 33.4 Å². The van der Waals surface area contributed by atoms with Crippen LogP contribution >= 0.6 is 23.2 Å². The van der Waals surface area contributed by atoms with Crippen LogP contribution in [0, 0.1) is 0 Å². The Bertz CT molecular complexity index is 905. The van der Waals surface area contributed by atoms with Crippen molar-refractivity contribution in [2.24, 2.45) is 12.2 Å². The number of halogens is 4. The van der Waals surface area contributed by atoms with E-state index in [4.69, 9.17) is 37.9 Å². The maximum absolute atomic E-state index is 13.2. The second kappa shape index (κ2) is 9.07. The van der Waals surface area contributed by atoms with Crippen LogP contribution in [-0.2, 0) is 16.6 Å². The van der Waals surface area contributed by atoms with Crippen molar-refractivity contribution in [3.8, 4) is 17.4 Å². The van der Waals surface area contributed by atoms with E-state index in [2.05, 4.69) is 15.0 Å². The molecule has 1 aromatic heterocycles. The molecular formula is C16H15Cl2F2N3O5. The van der Waals surface area contributed by atoms with E-state index < -0.39 is 24.2 Å². The van der Waals surface area contributed by atoms with E-state index in [1.165, 1.54) is 33.2 Å². The number of ether oxygens (including phenoxy) is 3. The van der Waals surface area contributed by atoms with E-state index >= 15 is 0 Å². The summed E-state index contributed by atoms with van der Waals surface area (Å²) in [6.07, 6.45) is -3.14. The molecular weight excluding hydrogens is 423 g/mol. The Balaban J connectivity index is 2.44. The van der Waals surface area contributed by atoms with Gasteiger partial charge in [0.1, 0.15) is 11.4 Å². The number of hydrogen-bond donors (Lipinski definition) is 1. The third-order valence-corrected chi connectivity index (χ3v) is 4.07. The van der Waals surface area contributed by atoms with Gasteiger partial charge in [0.15, 0.2) is 11.9 Å². The third kappa shape index (κ3) is 4.63. The number of oxime groups is 1. The summed E-state index contributed by atoms with van der Waals surface area (Å²) in [5.74, 6) is -0.769. The molecule has 2 rings (SSSR count). The molecule has 1 aromatic carbocycles. The second-order valence-electron chi connectivity index (χ2n) is 5.37. The van der Waals surface area contributed by atoms with Gasteiger partial charge in [-0.1, -0.05) is 28.4 Å². The van der Waals surface area contributed by atoms with E-state index in [9.17, 15) is 13.6 Å². The second-order valence-corrected chi connectivity index (χ2v) is 6.19. The molecule has 0 aliphatic rings. The molecule has 0 spiro atoms.